The zero-order chi connectivity index (χ0) is 15.3. The van der Waals surface area contributed by atoms with Gasteiger partial charge in [0, 0.05) is 24.5 Å². The summed E-state index contributed by atoms with van der Waals surface area (Å²) in [4.78, 5) is 4.37. The lowest BCUT2D eigenvalue weighted by molar-refractivity contribution is 0.427. The molecule has 21 heavy (non-hydrogen) atoms. The molecule has 0 spiro atoms. The number of rotatable bonds is 6. The molecular formula is C13H24N4O2S2. The van der Waals surface area contributed by atoms with Gasteiger partial charge in [-0.05, 0) is 26.3 Å². The minimum Gasteiger partial charge on any atom is -0.309 e. The number of nitrogens with zero attached hydrogens (tertiary/aromatic N) is 2. The second kappa shape index (κ2) is 7.53. The standard InChI is InChI=1S/C13H24N4O2S2/c1-3-14-11(2)12-10-20-13(15-12)16-21(18,19)17-8-6-4-5-7-9-17/h10-11,14H,3-9H2,1-2H3,(H,15,16). The fourth-order valence-corrected chi connectivity index (χ4v) is 4.69. The predicted octanol–water partition coefficient (Wildman–Crippen LogP) is 2.35. The molecule has 8 heteroatoms. The van der Waals surface area contributed by atoms with E-state index in [1.54, 1.807) is 0 Å². The highest BCUT2D eigenvalue weighted by molar-refractivity contribution is 7.90. The van der Waals surface area contributed by atoms with Crippen LogP contribution in [0.1, 0.15) is 51.3 Å². The maximum atomic E-state index is 12.4. The van der Waals surface area contributed by atoms with Crippen molar-refractivity contribution in [3.63, 3.8) is 0 Å². The molecule has 6 nitrogen and oxygen atoms in total. The molecule has 1 unspecified atom stereocenters. The van der Waals surface area contributed by atoms with Gasteiger partial charge in [-0.1, -0.05) is 19.8 Å². The van der Waals surface area contributed by atoms with E-state index >= 15 is 0 Å². The highest BCUT2D eigenvalue weighted by atomic mass is 32.2. The van der Waals surface area contributed by atoms with Crippen molar-refractivity contribution in [3.05, 3.63) is 11.1 Å². The molecule has 1 aliphatic heterocycles. The third-order valence-corrected chi connectivity index (χ3v) is 6.00. The zero-order valence-corrected chi connectivity index (χ0v) is 14.3. The molecule has 1 saturated heterocycles. The Morgan fingerprint density at radius 3 is 2.62 bits per heavy atom. The van der Waals surface area contributed by atoms with Crippen LogP contribution >= 0.6 is 11.3 Å². The molecule has 0 bridgehead atoms. The molecule has 120 valence electrons. The second-order valence-electron chi connectivity index (χ2n) is 5.28. The molecule has 1 atom stereocenters. The lowest BCUT2D eigenvalue weighted by Gasteiger charge is -2.19. The summed E-state index contributed by atoms with van der Waals surface area (Å²) in [7, 11) is -3.47. The van der Waals surface area contributed by atoms with Crippen LogP contribution in [-0.2, 0) is 10.2 Å². The first-order valence-electron chi connectivity index (χ1n) is 7.49. The van der Waals surface area contributed by atoms with Crippen LogP contribution in [0.4, 0.5) is 5.13 Å². The predicted molar refractivity (Wildman–Crippen MR) is 86.8 cm³/mol. The Balaban J connectivity index is 2.02. The number of aromatic nitrogens is 1. The fraction of sp³-hybridized carbons (Fsp3) is 0.769. The second-order valence-corrected chi connectivity index (χ2v) is 7.81. The van der Waals surface area contributed by atoms with Crippen LogP contribution in [0, 0.1) is 0 Å². The highest BCUT2D eigenvalue weighted by Gasteiger charge is 2.24. The van der Waals surface area contributed by atoms with Crippen molar-refractivity contribution in [2.24, 2.45) is 0 Å². The Morgan fingerprint density at radius 1 is 1.33 bits per heavy atom. The summed E-state index contributed by atoms with van der Waals surface area (Å²) in [5, 5.41) is 5.61. The van der Waals surface area contributed by atoms with Gasteiger partial charge >= 0.3 is 10.2 Å². The topological polar surface area (TPSA) is 74.3 Å². The molecule has 2 heterocycles. The number of thiazole rings is 1. The van der Waals surface area contributed by atoms with E-state index in [9.17, 15) is 8.42 Å². The molecule has 0 saturated carbocycles. The van der Waals surface area contributed by atoms with Gasteiger partial charge < -0.3 is 5.32 Å². The van der Waals surface area contributed by atoms with Gasteiger partial charge in [0.05, 0.1) is 5.69 Å². The minimum atomic E-state index is -3.47. The summed E-state index contributed by atoms with van der Waals surface area (Å²) in [5.74, 6) is 0. The smallest absolute Gasteiger partial charge is 0.303 e. The highest BCUT2D eigenvalue weighted by Crippen LogP contribution is 2.23. The van der Waals surface area contributed by atoms with Gasteiger partial charge in [0.15, 0.2) is 5.13 Å². The maximum Gasteiger partial charge on any atom is 0.303 e. The monoisotopic (exact) mass is 332 g/mol. The van der Waals surface area contributed by atoms with E-state index < -0.39 is 10.2 Å². The summed E-state index contributed by atoms with van der Waals surface area (Å²) in [5.41, 5.74) is 0.871. The Kier molecular flexibility index (Phi) is 5.98. The van der Waals surface area contributed by atoms with Crippen LogP contribution in [0.25, 0.3) is 0 Å². The van der Waals surface area contributed by atoms with Crippen LogP contribution in [0.3, 0.4) is 0 Å². The van der Waals surface area contributed by atoms with Crippen molar-refractivity contribution in [1.82, 2.24) is 14.6 Å². The average molecular weight is 332 g/mol. The Bertz CT molecular complexity index is 536. The van der Waals surface area contributed by atoms with Gasteiger partial charge in [-0.25, -0.2) is 9.71 Å². The third kappa shape index (κ3) is 4.64. The van der Waals surface area contributed by atoms with Crippen molar-refractivity contribution in [2.75, 3.05) is 24.4 Å². The molecule has 0 radical (unpaired) electrons. The van der Waals surface area contributed by atoms with Crippen LogP contribution < -0.4 is 10.0 Å². The third-order valence-electron chi connectivity index (χ3n) is 3.60. The molecular weight excluding hydrogens is 308 g/mol. The molecule has 0 aromatic carbocycles. The molecule has 1 aromatic heterocycles. The van der Waals surface area contributed by atoms with Crippen LogP contribution in [0.15, 0.2) is 5.38 Å². The van der Waals surface area contributed by atoms with Crippen molar-refractivity contribution < 1.29 is 8.42 Å². The van der Waals surface area contributed by atoms with Crippen molar-refractivity contribution in [2.45, 2.75) is 45.6 Å². The van der Waals surface area contributed by atoms with Crippen molar-refractivity contribution in [1.29, 1.82) is 0 Å². The van der Waals surface area contributed by atoms with E-state index in [4.69, 9.17) is 0 Å². The zero-order valence-electron chi connectivity index (χ0n) is 12.6. The summed E-state index contributed by atoms with van der Waals surface area (Å²) >= 11 is 1.33. The van der Waals surface area contributed by atoms with Gasteiger partial charge in [0.1, 0.15) is 0 Å². The van der Waals surface area contributed by atoms with Crippen LogP contribution in [-0.4, -0.2) is 37.3 Å². The molecule has 0 aliphatic carbocycles. The SMILES string of the molecule is CCNC(C)c1csc(NS(=O)(=O)N2CCCCCC2)n1. The van der Waals surface area contributed by atoms with Gasteiger partial charge in [0.2, 0.25) is 0 Å². The van der Waals surface area contributed by atoms with Crippen molar-refractivity contribution in [3.8, 4) is 0 Å². The number of nitrogens with one attached hydrogen (secondary N) is 2. The molecule has 2 N–H and O–H groups in total. The minimum absolute atomic E-state index is 0.127. The summed E-state index contributed by atoms with van der Waals surface area (Å²) < 4.78 is 28.9. The average Bonchev–Trinajstić information content (AvgIpc) is 2.72. The van der Waals surface area contributed by atoms with Crippen LogP contribution in [0.5, 0.6) is 0 Å². The Morgan fingerprint density at radius 2 is 2.00 bits per heavy atom. The summed E-state index contributed by atoms with van der Waals surface area (Å²) in [6, 6.07) is 0.127. The first-order chi connectivity index (χ1) is 10.0. The van der Waals surface area contributed by atoms with E-state index in [0.717, 1.165) is 37.9 Å². The Hall–Kier alpha value is -0.700. The van der Waals surface area contributed by atoms with E-state index in [0.29, 0.717) is 18.2 Å². The normalized spacial score (nSPS) is 19.1. The number of hydrogen-bond acceptors (Lipinski definition) is 5. The quantitative estimate of drug-likeness (QED) is 0.838. The first kappa shape index (κ1) is 16.7. The Labute approximate surface area is 131 Å². The van der Waals surface area contributed by atoms with Gasteiger partial charge in [-0.15, -0.1) is 11.3 Å². The van der Waals surface area contributed by atoms with Gasteiger partial charge in [0.25, 0.3) is 0 Å². The summed E-state index contributed by atoms with van der Waals surface area (Å²) in [6.07, 6.45) is 4.07. The lowest BCUT2D eigenvalue weighted by atomic mass is 10.2. The maximum absolute atomic E-state index is 12.4. The van der Waals surface area contributed by atoms with E-state index in [1.807, 2.05) is 19.2 Å². The number of hydrogen-bond donors (Lipinski definition) is 2. The molecule has 2 rings (SSSR count). The molecule has 1 aliphatic rings. The van der Waals surface area contributed by atoms with E-state index in [2.05, 4.69) is 15.0 Å². The van der Waals surface area contributed by atoms with Gasteiger partial charge in [-0.3, -0.25) is 0 Å². The summed E-state index contributed by atoms with van der Waals surface area (Å²) in [6.45, 7) is 6.10. The lowest BCUT2D eigenvalue weighted by Crippen LogP contribution is -2.36. The van der Waals surface area contributed by atoms with E-state index in [-0.39, 0.29) is 6.04 Å². The van der Waals surface area contributed by atoms with E-state index in [1.165, 1.54) is 15.6 Å². The molecule has 1 fully saturated rings. The fourth-order valence-electron chi connectivity index (χ4n) is 2.40. The van der Waals surface area contributed by atoms with Crippen LogP contribution in [0.2, 0.25) is 0 Å². The molecule has 1 aromatic rings. The first-order valence-corrected chi connectivity index (χ1v) is 9.81. The largest absolute Gasteiger partial charge is 0.309 e. The van der Waals surface area contributed by atoms with Gasteiger partial charge in [-0.2, -0.15) is 12.7 Å². The number of anilines is 1. The van der Waals surface area contributed by atoms with Crippen molar-refractivity contribution >= 4 is 26.7 Å². The molecule has 0 amide bonds.